The minimum atomic E-state index is -0.727. The van der Waals surface area contributed by atoms with Crippen molar-refractivity contribution < 1.29 is 9.90 Å². The molecule has 1 saturated carbocycles. The van der Waals surface area contributed by atoms with E-state index in [1.165, 1.54) is 12.8 Å². The van der Waals surface area contributed by atoms with Crippen LogP contribution in [-0.4, -0.2) is 37.8 Å². The Morgan fingerprint density at radius 2 is 2.20 bits per heavy atom. The Morgan fingerprint density at radius 1 is 1.45 bits per heavy atom. The molecule has 2 rings (SSSR count). The van der Waals surface area contributed by atoms with Crippen molar-refractivity contribution in [2.75, 3.05) is 6.54 Å². The van der Waals surface area contributed by atoms with Crippen molar-refractivity contribution in [3.63, 3.8) is 0 Å². The van der Waals surface area contributed by atoms with Crippen molar-refractivity contribution >= 4 is 5.97 Å². The van der Waals surface area contributed by atoms with Crippen LogP contribution in [0.15, 0.2) is 0 Å². The van der Waals surface area contributed by atoms with Gasteiger partial charge in [-0.05, 0) is 48.1 Å². The van der Waals surface area contributed by atoms with Gasteiger partial charge in [0, 0.05) is 6.42 Å². The fourth-order valence-corrected chi connectivity index (χ4v) is 2.13. The molecule has 0 amide bonds. The second-order valence-electron chi connectivity index (χ2n) is 6.26. The van der Waals surface area contributed by atoms with Crippen molar-refractivity contribution in [1.82, 2.24) is 25.5 Å². The minimum absolute atomic E-state index is 0.0355. The summed E-state index contributed by atoms with van der Waals surface area (Å²) in [6.07, 6.45) is 4.20. The van der Waals surface area contributed by atoms with Gasteiger partial charge in [0.05, 0.1) is 12.6 Å². The van der Waals surface area contributed by atoms with E-state index in [-0.39, 0.29) is 11.8 Å². The number of nitrogens with one attached hydrogen (secondary N) is 1. The van der Waals surface area contributed by atoms with E-state index in [1.807, 2.05) is 4.68 Å². The third-order valence-corrected chi connectivity index (χ3v) is 3.73. The Kier molecular flexibility index (Phi) is 4.69. The van der Waals surface area contributed by atoms with Crippen LogP contribution in [0, 0.1) is 5.41 Å². The molecule has 20 heavy (non-hydrogen) atoms. The number of nitrogens with zero attached hydrogens (tertiary/aromatic N) is 4. The number of carboxylic acid groups (broad SMARTS) is 1. The molecule has 0 radical (unpaired) electrons. The van der Waals surface area contributed by atoms with E-state index >= 15 is 0 Å². The zero-order valence-corrected chi connectivity index (χ0v) is 12.2. The highest BCUT2D eigenvalue weighted by Gasteiger charge is 2.27. The van der Waals surface area contributed by atoms with Crippen molar-refractivity contribution in [3.8, 4) is 0 Å². The number of carboxylic acids is 1. The molecule has 1 aliphatic carbocycles. The molecule has 2 N–H and O–H groups in total. The largest absolute Gasteiger partial charge is 0.481 e. The van der Waals surface area contributed by atoms with Crippen LogP contribution < -0.4 is 5.32 Å². The van der Waals surface area contributed by atoms with Crippen molar-refractivity contribution in [1.29, 1.82) is 0 Å². The SMILES string of the molecule is CC(C)(CCNCc1nnnn1C1CC1)CCC(=O)O. The van der Waals surface area contributed by atoms with Gasteiger partial charge in [-0.3, -0.25) is 4.79 Å². The van der Waals surface area contributed by atoms with Gasteiger partial charge >= 0.3 is 5.97 Å². The summed E-state index contributed by atoms with van der Waals surface area (Å²) >= 11 is 0. The topological polar surface area (TPSA) is 92.9 Å². The van der Waals surface area contributed by atoms with Crippen LogP contribution in [-0.2, 0) is 11.3 Å². The lowest BCUT2D eigenvalue weighted by atomic mass is 9.84. The second-order valence-corrected chi connectivity index (χ2v) is 6.26. The Hall–Kier alpha value is -1.50. The lowest BCUT2D eigenvalue weighted by Gasteiger charge is -2.23. The number of carbonyl (C=O) groups is 1. The number of hydrogen-bond donors (Lipinski definition) is 2. The van der Waals surface area contributed by atoms with Gasteiger partial charge in [-0.15, -0.1) is 5.10 Å². The molecule has 7 nitrogen and oxygen atoms in total. The van der Waals surface area contributed by atoms with Crippen LogP contribution in [0.25, 0.3) is 0 Å². The van der Waals surface area contributed by atoms with Gasteiger partial charge in [0.25, 0.3) is 0 Å². The van der Waals surface area contributed by atoms with Crippen molar-refractivity contribution in [2.24, 2.45) is 5.41 Å². The highest BCUT2D eigenvalue weighted by Crippen LogP contribution is 2.34. The van der Waals surface area contributed by atoms with E-state index in [0.717, 1.165) is 18.8 Å². The van der Waals surface area contributed by atoms with Gasteiger partial charge in [-0.25, -0.2) is 4.68 Å². The summed E-state index contributed by atoms with van der Waals surface area (Å²) in [7, 11) is 0. The first-order valence-corrected chi connectivity index (χ1v) is 7.17. The molecule has 1 aromatic rings. The summed E-state index contributed by atoms with van der Waals surface area (Å²) in [6.45, 7) is 5.71. The van der Waals surface area contributed by atoms with Gasteiger partial charge < -0.3 is 10.4 Å². The number of tetrazole rings is 1. The van der Waals surface area contributed by atoms with Gasteiger partial charge in [-0.1, -0.05) is 13.8 Å². The fourth-order valence-electron chi connectivity index (χ4n) is 2.13. The normalized spacial score (nSPS) is 15.5. The van der Waals surface area contributed by atoms with Crippen LogP contribution in [0.3, 0.4) is 0 Å². The molecule has 7 heteroatoms. The van der Waals surface area contributed by atoms with E-state index in [1.54, 1.807) is 0 Å². The quantitative estimate of drug-likeness (QED) is 0.664. The standard InChI is InChI=1S/C13H23N5O2/c1-13(2,6-5-12(19)20)7-8-14-9-11-15-16-17-18(11)10-3-4-10/h10,14H,3-9H2,1-2H3,(H,19,20). The van der Waals surface area contributed by atoms with Gasteiger partial charge in [0.15, 0.2) is 5.82 Å². The zero-order chi connectivity index (χ0) is 14.6. The Labute approximate surface area is 118 Å². The van der Waals surface area contributed by atoms with Crippen molar-refractivity contribution in [3.05, 3.63) is 5.82 Å². The molecule has 1 heterocycles. The van der Waals surface area contributed by atoms with Gasteiger partial charge in [-0.2, -0.15) is 0 Å². The summed E-state index contributed by atoms with van der Waals surface area (Å²) < 4.78 is 1.91. The summed E-state index contributed by atoms with van der Waals surface area (Å²) in [6, 6.07) is 0.494. The molecule has 1 aliphatic rings. The van der Waals surface area contributed by atoms with E-state index in [4.69, 9.17) is 5.11 Å². The zero-order valence-electron chi connectivity index (χ0n) is 12.2. The molecule has 0 aliphatic heterocycles. The molecule has 112 valence electrons. The first-order chi connectivity index (χ1) is 9.48. The Balaban J connectivity index is 1.67. The molecular weight excluding hydrogens is 258 g/mol. The minimum Gasteiger partial charge on any atom is -0.481 e. The second kappa shape index (κ2) is 6.30. The monoisotopic (exact) mass is 281 g/mol. The van der Waals surface area contributed by atoms with E-state index < -0.39 is 5.97 Å². The third kappa shape index (κ3) is 4.56. The van der Waals surface area contributed by atoms with E-state index in [9.17, 15) is 4.79 Å². The Morgan fingerprint density at radius 3 is 2.85 bits per heavy atom. The Bertz CT molecular complexity index is 453. The number of hydrogen-bond acceptors (Lipinski definition) is 5. The van der Waals surface area contributed by atoms with Gasteiger partial charge in [0.1, 0.15) is 0 Å². The number of aliphatic carboxylic acids is 1. The van der Waals surface area contributed by atoms with Crippen LogP contribution in [0.4, 0.5) is 0 Å². The number of rotatable bonds is 9. The first kappa shape index (κ1) is 14.9. The molecule has 0 saturated heterocycles. The molecule has 0 unspecified atom stereocenters. The molecule has 0 atom stereocenters. The highest BCUT2D eigenvalue weighted by molar-refractivity contribution is 5.66. The molecular formula is C13H23N5O2. The smallest absolute Gasteiger partial charge is 0.303 e. The summed E-state index contributed by atoms with van der Waals surface area (Å²) in [5.41, 5.74) is 0.0355. The third-order valence-electron chi connectivity index (χ3n) is 3.73. The predicted molar refractivity (Wildman–Crippen MR) is 73.1 cm³/mol. The molecule has 1 fully saturated rings. The maximum absolute atomic E-state index is 10.6. The summed E-state index contributed by atoms with van der Waals surface area (Å²) in [4.78, 5) is 10.6. The average molecular weight is 281 g/mol. The number of aromatic nitrogens is 4. The maximum atomic E-state index is 10.6. The molecule has 0 bridgehead atoms. The molecule has 0 aromatic carbocycles. The maximum Gasteiger partial charge on any atom is 0.303 e. The van der Waals surface area contributed by atoms with E-state index in [2.05, 4.69) is 34.7 Å². The predicted octanol–water partition coefficient (Wildman–Crippen LogP) is 1.38. The van der Waals surface area contributed by atoms with Crippen molar-refractivity contribution in [2.45, 2.75) is 58.5 Å². The van der Waals surface area contributed by atoms with E-state index in [0.29, 0.717) is 19.0 Å². The average Bonchev–Trinajstić information content (AvgIpc) is 3.12. The van der Waals surface area contributed by atoms with Crippen LogP contribution in [0.2, 0.25) is 0 Å². The molecule has 1 aromatic heterocycles. The van der Waals surface area contributed by atoms with Crippen LogP contribution in [0.1, 0.15) is 57.8 Å². The highest BCUT2D eigenvalue weighted by atomic mass is 16.4. The molecule has 0 spiro atoms. The lowest BCUT2D eigenvalue weighted by molar-refractivity contribution is -0.137. The van der Waals surface area contributed by atoms with Crippen LogP contribution >= 0.6 is 0 Å². The summed E-state index contributed by atoms with van der Waals surface area (Å²) in [5.74, 6) is 0.158. The lowest BCUT2D eigenvalue weighted by Crippen LogP contribution is -2.24. The first-order valence-electron chi connectivity index (χ1n) is 7.17. The van der Waals surface area contributed by atoms with Crippen LogP contribution in [0.5, 0.6) is 0 Å². The fraction of sp³-hybridized carbons (Fsp3) is 0.846. The van der Waals surface area contributed by atoms with Gasteiger partial charge in [0.2, 0.25) is 0 Å². The summed E-state index contributed by atoms with van der Waals surface area (Å²) in [5, 5.41) is 23.8.